The second kappa shape index (κ2) is 2.55. The van der Waals surface area contributed by atoms with Crippen LogP contribution in [0.3, 0.4) is 0 Å². The van der Waals surface area contributed by atoms with Crippen molar-refractivity contribution in [2.24, 2.45) is 0 Å². The minimum absolute atomic E-state index is 0.175. The van der Waals surface area contributed by atoms with Gasteiger partial charge in [-0.15, -0.1) is 0 Å². The van der Waals surface area contributed by atoms with E-state index in [1.54, 1.807) is 0 Å². The third-order valence-electron chi connectivity index (χ3n) is 1.11. The Kier molecular flexibility index (Phi) is 1.75. The SMILES string of the molecule is Nc1ccc(N([O-])O)cc1. The number of hydrogen-bond acceptors (Lipinski definition) is 4. The van der Waals surface area contributed by atoms with Gasteiger partial charge in [0.1, 0.15) is 0 Å². The molecule has 0 aliphatic heterocycles. The molecule has 0 saturated carbocycles. The summed E-state index contributed by atoms with van der Waals surface area (Å²) < 4.78 is 0. The first-order chi connectivity index (χ1) is 4.70. The van der Waals surface area contributed by atoms with Crippen molar-refractivity contribution < 1.29 is 5.21 Å². The third-order valence-corrected chi connectivity index (χ3v) is 1.11. The molecule has 3 N–H and O–H groups in total. The van der Waals surface area contributed by atoms with E-state index in [9.17, 15) is 5.21 Å². The van der Waals surface area contributed by atoms with E-state index in [-0.39, 0.29) is 10.9 Å². The molecule has 1 aromatic rings. The molecule has 54 valence electrons. The van der Waals surface area contributed by atoms with Gasteiger partial charge in [0.05, 0.1) is 5.69 Å². The first kappa shape index (κ1) is 6.85. The Morgan fingerprint density at radius 3 is 2.20 bits per heavy atom. The highest BCUT2D eigenvalue weighted by molar-refractivity contribution is 5.51. The second-order valence-electron chi connectivity index (χ2n) is 1.86. The summed E-state index contributed by atoms with van der Waals surface area (Å²) in [7, 11) is 0. The third kappa shape index (κ3) is 1.37. The van der Waals surface area contributed by atoms with Crippen molar-refractivity contribution in [2.45, 2.75) is 0 Å². The predicted octanol–water partition coefficient (Wildman–Crippen LogP) is 0.962. The van der Waals surface area contributed by atoms with Gasteiger partial charge >= 0.3 is 0 Å². The summed E-state index contributed by atoms with van der Waals surface area (Å²) in [6, 6.07) is 5.94. The molecule has 0 heterocycles. The van der Waals surface area contributed by atoms with Crippen molar-refractivity contribution in [1.29, 1.82) is 0 Å². The highest BCUT2D eigenvalue weighted by Gasteiger charge is 1.88. The van der Waals surface area contributed by atoms with Gasteiger partial charge in [-0.25, -0.2) is 0 Å². The Hall–Kier alpha value is -1.26. The minimum atomic E-state index is -0.209. The molecule has 0 unspecified atom stereocenters. The van der Waals surface area contributed by atoms with Crippen LogP contribution in [0.5, 0.6) is 0 Å². The summed E-state index contributed by atoms with van der Waals surface area (Å²) >= 11 is 0. The Bertz CT molecular complexity index is 207. The maximum absolute atomic E-state index is 10.2. The van der Waals surface area contributed by atoms with Gasteiger partial charge < -0.3 is 16.2 Å². The maximum atomic E-state index is 10.2. The molecule has 0 bridgehead atoms. The molecule has 0 fully saturated rings. The molecule has 0 amide bonds. The molecule has 0 aliphatic carbocycles. The zero-order chi connectivity index (χ0) is 7.56. The predicted molar refractivity (Wildman–Crippen MR) is 38.5 cm³/mol. The van der Waals surface area contributed by atoms with E-state index < -0.39 is 0 Å². The largest absolute Gasteiger partial charge is 0.733 e. The number of nitrogens with zero attached hydrogens (tertiary/aromatic N) is 1. The van der Waals surface area contributed by atoms with Crippen LogP contribution >= 0.6 is 0 Å². The standard InChI is InChI=1S/C6H7N2O2/c7-5-1-3-6(4-2-5)8(9)10/h1-4,9H,7H2/q-1. The number of benzene rings is 1. The van der Waals surface area contributed by atoms with Crippen molar-refractivity contribution in [2.75, 3.05) is 11.0 Å². The van der Waals surface area contributed by atoms with Gasteiger partial charge in [0, 0.05) is 5.69 Å². The van der Waals surface area contributed by atoms with Gasteiger partial charge in [0.15, 0.2) is 0 Å². The molecule has 0 atom stereocenters. The molecule has 0 spiro atoms. The zero-order valence-electron chi connectivity index (χ0n) is 5.19. The summed E-state index contributed by atoms with van der Waals surface area (Å²) in [6.45, 7) is 0. The van der Waals surface area contributed by atoms with Crippen LogP contribution in [0.1, 0.15) is 0 Å². The fourth-order valence-corrected chi connectivity index (χ4v) is 0.602. The lowest BCUT2D eigenvalue weighted by Crippen LogP contribution is -2.06. The van der Waals surface area contributed by atoms with E-state index in [0.717, 1.165) is 0 Å². The maximum Gasteiger partial charge on any atom is 0.0510 e. The van der Waals surface area contributed by atoms with Gasteiger partial charge in [0.2, 0.25) is 0 Å². The van der Waals surface area contributed by atoms with Crippen molar-refractivity contribution >= 4 is 11.4 Å². The highest BCUT2D eigenvalue weighted by Crippen LogP contribution is 2.12. The van der Waals surface area contributed by atoms with E-state index >= 15 is 0 Å². The van der Waals surface area contributed by atoms with Gasteiger partial charge in [0.25, 0.3) is 0 Å². The average molecular weight is 139 g/mol. The van der Waals surface area contributed by atoms with Crippen LogP contribution in [0.15, 0.2) is 24.3 Å². The molecule has 0 aromatic heterocycles. The number of nitrogens with two attached hydrogens (primary N) is 1. The summed E-state index contributed by atoms with van der Waals surface area (Å²) in [5, 5.41) is 18.3. The molecule has 4 heteroatoms. The van der Waals surface area contributed by atoms with Gasteiger partial charge in [-0.05, 0) is 24.3 Å². The normalized spacial score (nSPS) is 9.40. The molecule has 1 aromatic carbocycles. The summed E-state index contributed by atoms with van der Waals surface area (Å²) in [6.07, 6.45) is 0. The minimum Gasteiger partial charge on any atom is -0.733 e. The van der Waals surface area contributed by atoms with E-state index in [2.05, 4.69) is 0 Å². The van der Waals surface area contributed by atoms with Crippen molar-refractivity contribution in [3.63, 3.8) is 0 Å². The smallest absolute Gasteiger partial charge is 0.0510 e. The van der Waals surface area contributed by atoms with Crippen LogP contribution in [0.4, 0.5) is 11.4 Å². The molecular formula is C6H7N2O2-. The summed E-state index contributed by atoms with van der Waals surface area (Å²) in [4.78, 5) is 0. The first-order valence-corrected chi connectivity index (χ1v) is 2.72. The van der Waals surface area contributed by atoms with Crippen molar-refractivity contribution in [3.8, 4) is 0 Å². The van der Waals surface area contributed by atoms with E-state index in [1.807, 2.05) is 0 Å². The monoisotopic (exact) mass is 139 g/mol. The molecular weight excluding hydrogens is 132 g/mol. The van der Waals surface area contributed by atoms with Gasteiger partial charge in [-0.3, -0.25) is 5.21 Å². The topological polar surface area (TPSA) is 72.5 Å². The fraction of sp³-hybridized carbons (Fsp3) is 0. The number of nitrogen functional groups attached to an aromatic ring is 1. The van der Waals surface area contributed by atoms with E-state index in [1.165, 1.54) is 24.3 Å². The highest BCUT2D eigenvalue weighted by atomic mass is 16.8. The van der Waals surface area contributed by atoms with E-state index in [0.29, 0.717) is 5.69 Å². The zero-order valence-corrected chi connectivity index (χ0v) is 5.19. The lowest BCUT2D eigenvalue weighted by Gasteiger charge is -2.21. The second-order valence-corrected chi connectivity index (χ2v) is 1.86. The Labute approximate surface area is 58.0 Å². The van der Waals surface area contributed by atoms with E-state index in [4.69, 9.17) is 10.9 Å². The fourth-order valence-electron chi connectivity index (χ4n) is 0.602. The molecule has 0 saturated heterocycles. The number of hydrogen-bond donors (Lipinski definition) is 2. The molecule has 4 nitrogen and oxygen atoms in total. The lowest BCUT2D eigenvalue weighted by molar-refractivity contribution is 0.296. The van der Waals surface area contributed by atoms with Crippen LogP contribution in [0.2, 0.25) is 0 Å². The number of anilines is 2. The van der Waals surface area contributed by atoms with Crippen LogP contribution in [0.25, 0.3) is 0 Å². The summed E-state index contributed by atoms with van der Waals surface area (Å²) in [5.74, 6) is 0. The molecule has 0 aliphatic rings. The Morgan fingerprint density at radius 1 is 1.30 bits per heavy atom. The molecule has 0 radical (unpaired) electrons. The molecule has 1 rings (SSSR count). The van der Waals surface area contributed by atoms with Crippen molar-refractivity contribution in [1.82, 2.24) is 0 Å². The Balaban J connectivity index is 2.89. The van der Waals surface area contributed by atoms with Crippen LogP contribution in [-0.4, -0.2) is 5.21 Å². The number of rotatable bonds is 1. The molecule has 10 heavy (non-hydrogen) atoms. The van der Waals surface area contributed by atoms with Crippen molar-refractivity contribution in [3.05, 3.63) is 29.5 Å². The first-order valence-electron chi connectivity index (χ1n) is 2.72. The van der Waals surface area contributed by atoms with Gasteiger partial charge in [-0.2, -0.15) is 0 Å². The van der Waals surface area contributed by atoms with Crippen LogP contribution < -0.4 is 11.0 Å². The van der Waals surface area contributed by atoms with Gasteiger partial charge in [-0.1, -0.05) is 0 Å². The summed E-state index contributed by atoms with van der Waals surface area (Å²) in [5.41, 5.74) is 6.06. The lowest BCUT2D eigenvalue weighted by atomic mass is 10.3. The average Bonchev–Trinajstić information content (AvgIpc) is 1.88. The quantitative estimate of drug-likeness (QED) is 0.449. The van der Waals surface area contributed by atoms with Crippen LogP contribution in [0, 0.1) is 5.21 Å². The van der Waals surface area contributed by atoms with Crippen LogP contribution in [-0.2, 0) is 0 Å². The Morgan fingerprint density at radius 2 is 1.80 bits per heavy atom.